The van der Waals surface area contributed by atoms with Crippen molar-refractivity contribution in [1.29, 1.82) is 5.26 Å². The van der Waals surface area contributed by atoms with Crippen LogP contribution in [-0.4, -0.2) is 27.5 Å². The fraction of sp³-hybridized carbons (Fsp3) is 0.296. The van der Waals surface area contributed by atoms with E-state index in [9.17, 15) is 10.1 Å². The molecule has 33 heavy (non-hydrogen) atoms. The molecule has 0 N–H and O–H groups in total. The van der Waals surface area contributed by atoms with Crippen molar-refractivity contribution in [1.82, 2.24) is 14.5 Å². The van der Waals surface area contributed by atoms with Crippen molar-refractivity contribution in [3.8, 4) is 17.2 Å². The molecule has 6 heteroatoms. The summed E-state index contributed by atoms with van der Waals surface area (Å²) in [6, 6.07) is 22.8. The van der Waals surface area contributed by atoms with Gasteiger partial charge in [-0.15, -0.1) is 11.3 Å². The van der Waals surface area contributed by atoms with Crippen LogP contribution in [0.4, 0.5) is 0 Å². The molecule has 4 aromatic rings. The third-order valence-electron chi connectivity index (χ3n) is 6.53. The number of nitrogens with zero attached hydrogens (tertiary/aromatic N) is 4. The van der Waals surface area contributed by atoms with E-state index in [0.717, 1.165) is 48.3 Å². The van der Waals surface area contributed by atoms with Crippen LogP contribution in [0.5, 0.6) is 0 Å². The van der Waals surface area contributed by atoms with Crippen molar-refractivity contribution >= 4 is 21.6 Å². The number of benzene rings is 2. The van der Waals surface area contributed by atoms with Gasteiger partial charge in [0.2, 0.25) is 0 Å². The Balaban J connectivity index is 1.37. The zero-order valence-corrected chi connectivity index (χ0v) is 19.3. The Kier molecular flexibility index (Phi) is 6.34. The Morgan fingerprint density at radius 1 is 1.03 bits per heavy atom. The molecule has 2 aromatic heterocycles. The van der Waals surface area contributed by atoms with E-state index in [1.54, 1.807) is 4.57 Å². The first-order valence-corrected chi connectivity index (χ1v) is 12.3. The van der Waals surface area contributed by atoms with Gasteiger partial charge in [-0.2, -0.15) is 5.26 Å². The van der Waals surface area contributed by atoms with E-state index < -0.39 is 0 Å². The third-order valence-corrected chi connectivity index (χ3v) is 7.40. The lowest BCUT2D eigenvalue weighted by Crippen LogP contribution is -2.36. The Morgan fingerprint density at radius 2 is 1.73 bits per heavy atom. The quantitative estimate of drug-likeness (QED) is 0.406. The van der Waals surface area contributed by atoms with Crippen LogP contribution in [0.3, 0.4) is 0 Å². The molecule has 2 aromatic carbocycles. The number of likely N-dealkylation sites (tertiary alicyclic amines) is 1. The van der Waals surface area contributed by atoms with Crippen molar-refractivity contribution in [2.45, 2.75) is 32.4 Å². The molecule has 166 valence electrons. The van der Waals surface area contributed by atoms with Crippen LogP contribution in [0.15, 0.2) is 70.8 Å². The van der Waals surface area contributed by atoms with Crippen LogP contribution in [0.2, 0.25) is 0 Å². The van der Waals surface area contributed by atoms with Crippen LogP contribution in [0, 0.1) is 17.2 Å². The minimum absolute atomic E-state index is 0.0195. The van der Waals surface area contributed by atoms with E-state index in [0.29, 0.717) is 23.7 Å². The zero-order chi connectivity index (χ0) is 22.6. The summed E-state index contributed by atoms with van der Waals surface area (Å²) in [6.45, 7) is 2.59. The molecule has 0 unspecified atom stereocenters. The number of piperidine rings is 1. The van der Waals surface area contributed by atoms with Gasteiger partial charge in [-0.1, -0.05) is 60.7 Å². The molecule has 1 aliphatic rings. The van der Waals surface area contributed by atoms with Gasteiger partial charge in [-0.25, -0.2) is 4.98 Å². The molecule has 1 saturated heterocycles. The average Bonchev–Trinajstić information content (AvgIpc) is 3.28. The molecule has 0 bridgehead atoms. The lowest BCUT2D eigenvalue weighted by atomic mass is 9.90. The maximum absolute atomic E-state index is 13.5. The summed E-state index contributed by atoms with van der Waals surface area (Å²) in [5, 5.41) is 12.0. The normalized spacial score (nSPS) is 15.0. The molecule has 3 heterocycles. The Bertz CT molecular complexity index is 1330. The summed E-state index contributed by atoms with van der Waals surface area (Å²) in [7, 11) is 0. The smallest absolute Gasteiger partial charge is 0.263 e. The first-order chi connectivity index (χ1) is 16.2. The van der Waals surface area contributed by atoms with Gasteiger partial charge in [0.25, 0.3) is 5.56 Å². The second kappa shape index (κ2) is 9.70. The average molecular weight is 455 g/mol. The number of nitriles is 1. The van der Waals surface area contributed by atoms with Crippen molar-refractivity contribution in [3.63, 3.8) is 0 Å². The zero-order valence-electron chi connectivity index (χ0n) is 18.5. The Hall–Kier alpha value is -3.27. The lowest BCUT2D eigenvalue weighted by molar-refractivity contribution is 0.171. The molecule has 1 aliphatic heterocycles. The summed E-state index contributed by atoms with van der Waals surface area (Å²) in [5.41, 5.74) is 3.18. The van der Waals surface area contributed by atoms with E-state index in [4.69, 9.17) is 4.98 Å². The lowest BCUT2D eigenvalue weighted by Gasteiger charge is -2.32. The van der Waals surface area contributed by atoms with E-state index in [1.807, 2.05) is 35.7 Å². The SMILES string of the molecule is N#CCn1c(CN2CCC(Cc3ccccc3)CC2)nc2scc(-c3ccccc3)c2c1=O. The Labute approximate surface area is 197 Å². The van der Waals surface area contributed by atoms with Gasteiger partial charge >= 0.3 is 0 Å². The largest absolute Gasteiger partial charge is 0.296 e. The second-order valence-electron chi connectivity index (χ2n) is 8.68. The van der Waals surface area contributed by atoms with Gasteiger partial charge in [0, 0.05) is 10.9 Å². The van der Waals surface area contributed by atoms with Crippen molar-refractivity contribution in [3.05, 3.63) is 87.8 Å². The molecule has 1 fully saturated rings. The monoisotopic (exact) mass is 454 g/mol. The fourth-order valence-corrected chi connectivity index (χ4v) is 5.70. The maximum atomic E-state index is 13.5. The summed E-state index contributed by atoms with van der Waals surface area (Å²) in [5.74, 6) is 1.38. The van der Waals surface area contributed by atoms with Gasteiger partial charge in [-0.3, -0.25) is 14.3 Å². The van der Waals surface area contributed by atoms with Crippen molar-refractivity contribution in [2.75, 3.05) is 13.1 Å². The molecule has 0 amide bonds. The highest BCUT2D eigenvalue weighted by molar-refractivity contribution is 7.17. The fourth-order valence-electron chi connectivity index (χ4n) is 4.75. The molecular formula is C27H26N4OS. The number of rotatable bonds is 6. The van der Waals surface area contributed by atoms with E-state index in [1.165, 1.54) is 16.9 Å². The van der Waals surface area contributed by atoms with E-state index >= 15 is 0 Å². The van der Waals surface area contributed by atoms with Gasteiger partial charge in [0.15, 0.2) is 0 Å². The van der Waals surface area contributed by atoms with Crippen LogP contribution < -0.4 is 5.56 Å². The first kappa shape index (κ1) is 21.6. The minimum atomic E-state index is -0.115. The highest BCUT2D eigenvalue weighted by Crippen LogP contribution is 2.31. The van der Waals surface area contributed by atoms with Gasteiger partial charge in [0.1, 0.15) is 17.2 Å². The molecule has 0 aliphatic carbocycles. The predicted molar refractivity (Wildman–Crippen MR) is 133 cm³/mol. The van der Waals surface area contributed by atoms with Crippen molar-refractivity contribution < 1.29 is 0 Å². The molecule has 0 radical (unpaired) electrons. The maximum Gasteiger partial charge on any atom is 0.263 e. The summed E-state index contributed by atoms with van der Waals surface area (Å²) < 4.78 is 1.57. The first-order valence-electron chi connectivity index (χ1n) is 11.4. The van der Waals surface area contributed by atoms with Gasteiger partial charge in [0.05, 0.1) is 18.0 Å². The number of fused-ring (bicyclic) bond motifs is 1. The van der Waals surface area contributed by atoms with Crippen LogP contribution in [0.25, 0.3) is 21.3 Å². The summed E-state index contributed by atoms with van der Waals surface area (Å²) in [6.07, 6.45) is 3.39. The topological polar surface area (TPSA) is 61.9 Å². The Morgan fingerprint density at radius 3 is 2.42 bits per heavy atom. The number of aromatic nitrogens is 2. The van der Waals surface area contributed by atoms with E-state index in [-0.39, 0.29) is 12.1 Å². The predicted octanol–water partition coefficient (Wildman–Crippen LogP) is 5.10. The number of thiophene rings is 1. The molecule has 0 spiro atoms. The summed E-state index contributed by atoms with van der Waals surface area (Å²) in [4.78, 5) is 21.4. The highest BCUT2D eigenvalue weighted by Gasteiger charge is 2.23. The highest BCUT2D eigenvalue weighted by atomic mass is 32.1. The third kappa shape index (κ3) is 4.61. The molecule has 0 atom stereocenters. The van der Waals surface area contributed by atoms with Crippen molar-refractivity contribution in [2.24, 2.45) is 5.92 Å². The molecule has 5 rings (SSSR count). The molecule has 0 saturated carbocycles. The van der Waals surface area contributed by atoms with Crippen LogP contribution >= 0.6 is 11.3 Å². The van der Waals surface area contributed by atoms with Crippen LogP contribution in [0.1, 0.15) is 24.2 Å². The molecule has 5 nitrogen and oxygen atoms in total. The standard InChI is InChI=1S/C27H26N4OS/c28-13-16-31-24(18-30-14-11-21(12-15-30)17-20-7-3-1-4-8-20)29-26-25(27(31)32)23(19-33-26)22-9-5-2-6-10-22/h1-10,19,21H,11-12,14-18H2. The van der Waals surface area contributed by atoms with Gasteiger partial charge in [-0.05, 0) is 49.4 Å². The second-order valence-corrected chi connectivity index (χ2v) is 9.54. The van der Waals surface area contributed by atoms with E-state index in [2.05, 4.69) is 41.3 Å². The number of hydrogen-bond donors (Lipinski definition) is 0. The molecular weight excluding hydrogens is 428 g/mol. The van der Waals surface area contributed by atoms with Gasteiger partial charge < -0.3 is 0 Å². The minimum Gasteiger partial charge on any atom is -0.296 e. The number of hydrogen-bond acceptors (Lipinski definition) is 5. The summed E-state index contributed by atoms with van der Waals surface area (Å²) >= 11 is 1.50. The van der Waals surface area contributed by atoms with Crippen LogP contribution in [-0.2, 0) is 19.5 Å².